The normalized spacial score (nSPS) is 16.0. The topological polar surface area (TPSA) is 84.8 Å². The SMILES string of the molecule is O=C(c1cccnc1)N1CCC[C@H](c2nc(-c3ccccn3)ncc2-c2ccncc2)C1. The molecule has 1 atom stereocenters. The number of amides is 1. The minimum atomic E-state index is 0.00673. The van der Waals surface area contributed by atoms with Crippen LogP contribution in [0.15, 0.2) is 79.6 Å². The lowest BCUT2D eigenvalue weighted by Crippen LogP contribution is -2.39. The van der Waals surface area contributed by atoms with Crippen LogP contribution in [0.3, 0.4) is 0 Å². The fourth-order valence-electron chi connectivity index (χ4n) is 4.14. The average molecular weight is 422 g/mol. The zero-order chi connectivity index (χ0) is 21.8. The number of hydrogen-bond donors (Lipinski definition) is 0. The van der Waals surface area contributed by atoms with Gasteiger partial charge in [0.2, 0.25) is 0 Å². The van der Waals surface area contributed by atoms with Crippen molar-refractivity contribution < 1.29 is 4.79 Å². The van der Waals surface area contributed by atoms with Crippen LogP contribution in [0, 0.1) is 0 Å². The number of likely N-dealkylation sites (tertiary alicyclic amines) is 1. The lowest BCUT2D eigenvalue weighted by atomic mass is 9.89. The Morgan fingerprint density at radius 2 is 1.81 bits per heavy atom. The largest absolute Gasteiger partial charge is 0.338 e. The first-order chi connectivity index (χ1) is 15.8. The van der Waals surface area contributed by atoms with E-state index >= 15 is 0 Å². The van der Waals surface area contributed by atoms with Gasteiger partial charge < -0.3 is 4.90 Å². The van der Waals surface area contributed by atoms with Crippen LogP contribution in [0.2, 0.25) is 0 Å². The van der Waals surface area contributed by atoms with E-state index in [0.29, 0.717) is 17.9 Å². The molecule has 158 valence electrons. The van der Waals surface area contributed by atoms with Gasteiger partial charge in [0, 0.05) is 61.8 Å². The Balaban J connectivity index is 1.52. The Morgan fingerprint density at radius 1 is 0.906 bits per heavy atom. The Morgan fingerprint density at radius 3 is 2.59 bits per heavy atom. The van der Waals surface area contributed by atoms with Crippen molar-refractivity contribution in [1.82, 2.24) is 29.8 Å². The lowest BCUT2D eigenvalue weighted by Gasteiger charge is -2.33. The maximum Gasteiger partial charge on any atom is 0.255 e. The summed E-state index contributed by atoms with van der Waals surface area (Å²) >= 11 is 0. The van der Waals surface area contributed by atoms with Gasteiger partial charge in [-0.15, -0.1) is 0 Å². The van der Waals surface area contributed by atoms with Gasteiger partial charge in [0.1, 0.15) is 5.69 Å². The highest BCUT2D eigenvalue weighted by Crippen LogP contribution is 2.34. The highest BCUT2D eigenvalue weighted by molar-refractivity contribution is 5.94. The van der Waals surface area contributed by atoms with Crippen molar-refractivity contribution >= 4 is 5.91 Å². The zero-order valence-corrected chi connectivity index (χ0v) is 17.5. The molecule has 32 heavy (non-hydrogen) atoms. The first-order valence-corrected chi connectivity index (χ1v) is 10.7. The third-order valence-electron chi connectivity index (χ3n) is 5.71. The predicted octanol–water partition coefficient (Wildman–Crippen LogP) is 4.02. The molecule has 0 aliphatic carbocycles. The molecule has 0 bridgehead atoms. The van der Waals surface area contributed by atoms with E-state index in [4.69, 9.17) is 4.98 Å². The maximum absolute atomic E-state index is 13.1. The van der Waals surface area contributed by atoms with Crippen LogP contribution in [0.1, 0.15) is 34.8 Å². The summed E-state index contributed by atoms with van der Waals surface area (Å²) in [6, 6.07) is 13.2. The molecule has 5 heterocycles. The molecule has 1 aliphatic rings. The molecule has 4 aromatic heterocycles. The maximum atomic E-state index is 13.1. The second-order valence-electron chi connectivity index (χ2n) is 7.78. The molecule has 1 aliphatic heterocycles. The van der Waals surface area contributed by atoms with Gasteiger partial charge in [-0.05, 0) is 54.8 Å². The smallest absolute Gasteiger partial charge is 0.255 e. The van der Waals surface area contributed by atoms with Gasteiger partial charge in [-0.3, -0.25) is 19.7 Å². The van der Waals surface area contributed by atoms with Crippen LogP contribution in [0.5, 0.6) is 0 Å². The van der Waals surface area contributed by atoms with Crippen LogP contribution in [-0.2, 0) is 0 Å². The van der Waals surface area contributed by atoms with E-state index in [0.717, 1.165) is 41.9 Å². The van der Waals surface area contributed by atoms with Gasteiger partial charge >= 0.3 is 0 Å². The summed E-state index contributed by atoms with van der Waals surface area (Å²) in [5.41, 5.74) is 4.26. The second kappa shape index (κ2) is 9.01. The molecule has 1 amide bonds. The number of piperidine rings is 1. The molecule has 7 nitrogen and oxygen atoms in total. The molecular formula is C25H22N6O. The molecule has 0 aromatic carbocycles. The molecule has 0 saturated carbocycles. The van der Waals surface area contributed by atoms with Gasteiger partial charge in [-0.25, -0.2) is 9.97 Å². The summed E-state index contributed by atoms with van der Waals surface area (Å²) in [6.07, 6.45) is 12.3. The highest BCUT2D eigenvalue weighted by atomic mass is 16.2. The number of aromatic nitrogens is 5. The fourth-order valence-corrected chi connectivity index (χ4v) is 4.14. The molecule has 7 heteroatoms. The Labute approximate surface area is 186 Å². The summed E-state index contributed by atoms with van der Waals surface area (Å²) < 4.78 is 0. The van der Waals surface area contributed by atoms with Crippen molar-refractivity contribution in [2.45, 2.75) is 18.8 Å². The van der Waals surface area contributed by atoms with Crippen molar-refractivity contribution in [3.05, 3.63) is 90.9 Å². The quantitative estimate of drug-likeness (QED) is 0.494. The van der Waals surface area contributed by atoms with Gasteiger partial charge in [0.05, 0.1) is 11.3 Å². The van der Waals surface area contributed by atoms with Crippen LogP contribution in [0.25, 0.3) is 22.6 Å². The van der Waals surface area contributed by atoms with Crippen molar-refractivity contribution in [2.24, 2.45) is 0 Å². The van der Waals surface area contributed by atoms with Crippen LogP contribution in [0.4, 0.5) is 0 Å². The Hall–Kier alpha value is -4.00. The Bertz CT molecular complexity index is 1200. The number of pyridine rings is 3. The molecule has 0 radical (unpaired) electrons. The van der Waals surface area contributed by atoms with Gasteiger partial charge in [0.25, 0.3) is 5.91 Å². The summed E-state index contributed by atoms with van der Waals surface area (Å²) in [4.78, 5) is 37.2. The molecule has 0 N–H and O–H groups in total. The number of nitrogens with zero attached hydrogens (tertiary/aromatic N) is 6. The first kappa shape index (κ1) is 19.9. The van der Waals surface area contributed by atoms with E-state index in [-0.39, 0.29) is 11.8 Å². The van der Waals surface area contributed by atoms with E-state index in [2.05, 4.69) is 19.9 Å². The number of hydrogen-bond acceptors (Lipinski definition) is 6. The van der Waals surface area contributed by atoms with Crippen molar-refractivity contribution in [2.75, 3.05) is 13.1 Å². The third-order valence-corrected chi connectivity index (χ3v) is 5.71. The van der Waals surface area contributed by atoms with Gasteiger partial charge in [0.15, 0.2) is 5.82 Å². The standard InChI is InChI=1S/C25H22N6O/c32-25(19-5-3-10-27-15-19)31-14-4-6-20(17-31)23-21(18-8-12-26-13-9-18)16-29-24(30-23)22-7-1-2-11-28-22/h1-3,5,7-13,15-16,20H,4,6,14,17H2/t20-/m0/s1. The zero-order valence-electron chi connectivity index (χ0n) is 17.5. The summed E-state index contributed by atoms with van der Waals surface area (Å²) in [6.45, 7) is 1.33. The first-order valence-electron chi connectivity index (χ1n) is 10.7. The highest BCUT2D eigenvalue weighted by Gasteiger charge is 2.29. The second-order valence-corrected chi connectivity index (χ2v) is 7.78. The van der Waals surface area contributed by atoms with Crippen molar-refractivity contribution in [3.63, 3.8) is 0 Å². The van der Waals surface area contributed by atoms with E-state index in [1.54, 1.807) is 37.1 Å². The monoisotopic (exact) mass is 422 g/mol. The molecule has 4 aromatic rings. The fraction of sp³-hybridized carbons (Fsp3) is 0.200. The number of carbonyl (C=O) groups is 1. The molecule has 0 spiro atoms. The molecule has 0 unspecified atom stereocenters. The number of rotatable bonds is 4. The number of carbonyl (C=O) groups excluding carboxylic acids is 1. The summed E-state index contributed by atoms with van der Waals surface area (Å²) in [5, 5.41) is 0. The molecule has 1 saturated heterocycles. The summed E-state index contributed by atoms with van der Waals surface area (Å²) in [5.74, 6) is 0.694. The lowest BCUT2D eigenvalue weighted by molar-refractivity contribution is 0.0705. The van der Waals surface area contributed by atoms with Gasteiger partial charge in [-0.2, -0.15) is 0 Å². The molecular weight excluding hydrogens is 400 g/mol. The average Bonchev–Trinajstić information content (AvgIpc) is 2.89. The Kier molecular flexibility index (Phi) is 5.61. The van der Waals surface area contributed by atoms with Crippen LogP contribution >= 0.6 is 0 Å². The van der Waals surface area contributed by atoms with Crippen LogP contribution < -0.4 is 0 Å². The van der Waals surface area contributed by atoms with Gasteiger partial charge in [-0.1, -0.05) is 6.07 Å². The summed E-state index contributed by atoms with van der Waals surface area (Å²) in [7, 11) is 0. The molecule has 5 rings (SSSR count). The third kappa shape index (κ3) is 4.09. The van der Waals surface area contributed by atoms with E-state index in [1.807, 2.05) is 47.5 Å². The van der Waals surface area contributed by atoms with E-state index < -0.39 is 0 Å². The minimum absolute atomic E-state index is 0.00673. The van der Waals surface area contributed by atoms with Crippen molar-refractivity contribution in [1.29, 1.82) is 0 Å². The predicted molar refractivity (Wildman–Crippen MR) is 121 cm³/mol. The van der Waals surface area contributed by atoms with E-state index in [9.17, 15) is 4.79 Å². The van der Waals surface area contributed by atoms with Crippen LogP contribution in [-0.4, -0.2) is 48.8 Å². The van der Waals surface area contributed by atoms with E-state index in [1.165, 1.54) is 0 Å². The minimum Gasteiger partial charge on any atom is -0.338 e. The van der Waals surface area contributed by atoms with Crippen molar-refractivity contribution in [3.8, 4) is 22.6 Å². The molecule has 1 fully saturated rings.